The van der Waals surface area contributed by atoms with Crippen molar-refractivity contribution in [2.45, 2.75) is 0 Å². The third-order valence-corrected chi connectivity index (χ3v) is 1.42. The summed E-state index contributed by atoms with van der Waals surface area (Å²) >= 11 is 0. The zero-order valence-corrected chi connectivity index (χ0v) is 4.91. The molecule has 0 fully saturated rings. The predicted octanol–water partition coefficient (Wildman–Crippen LogP) is 0.965. The summed E-state index contributed by atoms with van der Waals surface area (Å²) in [6, 6.07) is 0. The first-order valence-corrected chi connectivity index (χ1v) is 2.90. The van der Waals surface area contributed by atoms with E-state index in [4.69, 9.17) is 0 Å². The maximum Gasteiger partial charge on any atom is 0.0817 e. The number of allylic oxidation sites excluding steroid dienone is 2. The van der Waals surface area contributed by atoms with Gasteiger partial charge in [0.15, 0.2) is 0 Å². The fraction of sp³-hybridized carbons (Fsp3) is 0.143. The van der Waals surface area contributed by atoms with Crippen molar-refractivity contribution in [3.63, 3.8) is 0 Å². The summed E-state index contributed by atoms with van der Waals surface area (Å²) in [6.45, 7) is 0.749. The van der Waals surface area contributed by atoms with Crippen molar-refractivity contribution < 1.29 is 0 Å². The van der Waals surface area contributed by atoms with Crippen molar-refractivity contribution in [1.29, 1.82) is 0 Å². The fourth-order valence-electron chi connectivity index (χ4n) is 0.934. The Balaban J connectivity index is 2.46. The summed E-state index contributed by atoms with van der Waals surface area (Å²) in [7, 11) is 0. The Morgan fingerprint density at radius 3 is 3.33 bits per heavy atom. The molecule has 44 valence electrons. The first-order valence-electron chi connectivity index (χ1n) is 2.90. The van der Waals surface area contributed by atoms with Gasteiger partial charge in [0.05, 0.1) is 12.3 Å². The lowest BCUT2D eigenvalue weighted by Crippen LogP contribution is -2.06. The Bertz CT molecular complexity index is 244. The van der Waals surface area contributed by atoms with Crippen LogP contribution in [-0.4, -0.2) is 18.5 Å². The van der Waals surface area contributed by atoms with Gasteiger partial charge in [0.25, 0.3) is 0 Å². The smallest absolute Gasteiger partial charge is 0.0817 e. The molecule has 2 nitrogen and oxygen atoms in total. The van der Waals surface area contributed by atoms with Crippen LogP contribution < -0.4 is 0 Å². The van der Waals surface area contributed by atoms with Crippen LogP contribution in [0.2, 0.25) is 0 Å². The Morgan fingerprint density at radius 1 is 1.44 bits per heavy atom. The third kappa shape index (κ3) is 0.633. The van der Waals surface area contributed by atoms with Crippen LogP contribution in [0.15, 0.2) is 33.9 Å². The van der Waals surface area contributed by atoms with E-state index in [1.54, 1.807) is 0 Å². The van der Waals surface area contributed by atoms with Crippen LogP contribution >= 0.6 is 0 Å². The van der Waals surface area contributed by atoms with E-state index >= 15 is 0 Å². The molecule has 0 aromatic heterocycles. The first kappa shape index (κ1) is 4.68. The summed E-state index contributed by atoms with van der Waals surface area (Å²) < 4.78 is 0. The molecule has 0 aromatic carbocycles. The first-order chi connectivity index (χ1) is 4.47. The van der Waals surface area contributed by atoms with Crippen molar-refractivity contribution in [3.05, 3.63) is 23.9 Å². The van der Waals surface area contributed by atoms with Gasteiger partial charge in [-0.1, -0.05) is 0 Å². The van der Waals surface area contributed by atoms with Crippen molar-refractivity contribution in [3.8, 4) is 0 Å². The van der Waals surface area contributed by atoms with Gasteiger partial charge in [-0.05, 0) is 12.2 Å². The summed E-state index contributed by atoms with van der Waals surface area (Å²) in [4.78, 5) is 8.16. The van der Waals surface area contributed by atoms with Crippen molar-refractivity contribution in [1.82, 2.24) is 0 Å². The minimum Gasteiger partial charge on any atom is -0.287 e. The molecule has 0 amide bonds. The number of rotatable bonds is 0. The van der Waals surface area contributed by atoms with Gasteiger partial charge in [0.1, 0.15) is 0 Å². The average Bonchev–Trinajstić information content (AvgIpc) is 2.33. The number of aliphatic imine (C=N–C) groups is 2. The topological polar surface area (TPSA) is 24.7 Å². The van der Waals surface area contributed by atoms with Gasteiger partial charge in [-0.25, -0.2) is 0 Å². The van der Waals surface area contributed by atoms with Crippen LogP contribution in [0.4, 0.5) is 0 Å². The summed E-state index contributed by atoms with van der Waals surface area (Å²) in [5.41, 5.74) is 2.31. The normalized spacial score (nSPS) is 21.3. The van der Waals surface area contributed by atoms with E-state index in [1.165, 1.54) is 5.57 Å². The van der Waals surface area contributed by atoms with E-state index in [0.29, 0.717) is 0 Å². The van der Waals surface area contributed by atoms with Crippen molar-refractivity contribution in [2.75, 3.05) is 6.54 Å². The minimum absolute atomic E-state index is 0.749. The highest BCUT2D eigenvalue weighted by Crippen LogP contribution is 2.10. The molecule has 2 rings (SSSR count). The van der Waals surface area contributed by atoms with Crippen molar-refractivity contribution in [2.24, 2.45) is 9.98 Å². The lowest BCUT2D eigenvalue weighted by atomic mass is 10.1. The number of dihydropyridines is 1. The lowest BCUT2D eigenvalue weighted by Gasteiger charge is -2.00. The Hall–Kier alpha value is -1.18. The van der Waals surface area contributed by atoms with Crippen LogP contribution in [0.5, 0.6) is 0 Å². The number of hydrogen-bond acceptors (Lipinski definition) is 2. The van der Waals surface area contributed by atoms with Gasteiger partial charge in [0, 0.05) is 18.0 Å². The number of nitrogens with zero attached hydrogens (tertiary/aromatic N) is 2. The average molecular weight is 118 g/mol. The maximum atomic E-state index is 4.11. The highest BCUT2D eigenvalue weighted by atomic mass is 14.8. The molecule has 9 heavy (non-hydrogen) atoms. The predicted molar refractivity (Wildman–Crippen MR) is 38.0 cm³/mol. The SMILES string of the molecule is C1=CC2=CC=NCC2=N1. The Kier molecular flexibility index (Phi) is 0.859. The molecule has 2 aliphatic heterocycles. The molecule has 0 radical (unpaired) electrons. The quantitative estimate of drug-likeness (QED) is 0.452. The van der Waals surface area contributed by atoms with Crippen LogP contribution in [0.25, 0.3) is 0 Å². The highest BCUT2D eigenvalue weighted by Gasteiger charge is 2.08. The van der Waals surface area contributed by atoms with E-state index in [2.05, 4.69) is 9.98 Å². The molecule has 0 saturated carbocycles. The summed E-state index contributed by atoms with van der Waals surface area (Å²) in [5, 5.41) is 0. The largest absolute Gasteiger partial charge is 0.287 e. The van der Waals surface area contributed by atoms with E-state index in [-0.39, 0.29) is 0 Å². The Morgan fingerprint density at radius 2 is 2.44 bits per heavy atom. The molecule has 0 unspecified atom stereocenters. The molecular formula is C7H6N2. The molecule has 0 aromatic rings. The van der Waals surface area contributed by atoms with Gasteiger partial charge in [-0.15, -0.1) is 0 Å². The second kappa shape index (κ2) is 1.65. The zero-order valence-electron chi connectivity index (χ0n) is 4.91. The zero-order chi connectivity index (χ0) is 6.10. The van der Waals surface area contributed by atoms with Crippen LogP contribution in [0.1, 0.15) is 0 Å². The Labute approximate surface area is 53.3 Å². The molecule has 0 bridgehead atoms. The van der Waals surface area contributed by atoms with Gasteiger partial charge in [-0.3, -0.25) is 9.98 Å². The summed E-state index contributed by atoms with van der Waals surface area (Å²) in [6.07, 6.45) is 7.62. The van der Waals surface area contributed by atoms with E-state index < -0.39 is 0 Å². The van der Waals surface area contributed by atoms with Gasteiger partial charge in [-0.2, -0.15) is 0 Å². The second-order valence-corrected chi connectivity index (χ2v) is 2.00. The number of hydrogen-bond donors (Lipinski definition) is 0. The van der Waals surface area contributed by atoms with Crippen LogP contribution in [0.3, 0.4) is 0 Å². The molecule has 2 heteroatoms. The molecule has 0 atom stereocenters. The molecule has 0 spiro atoms. The van der Waals surface area contributed by atoms with E-state index in [1.807, 2.05) is 24.6 Å². The molecule has 0 saturated heterocycles. The molecule has 0 N–H and O–H groups in total. The van der Waals surface area contributed by atoms with Gasteiger partial charge in [0.2, 0.25) is 0 Å². The standard InChI is InChI=1S/C7H6N2/c1-3-8-5-7-6(1)2-4-9-7/h1-4H,5H2. The van der Waals surface area contributed by atoms with Gasteiger partial charge < -0.3 is 0 Å². The molecule has 2 aliphatic rings. The monoisotopic (exact) mass is 118 g/mol. The fourth-order valence-corrected chi connectivity index (χ4v) is 0.934. The van der Waals surface area contributed by atoms with E-state index in [9.17, 15) is 0 Å². The molecule has 0 aliphatic carbocycles. The molecule has 2 heterocycles. The molecular weight excluding hydrogens is 112 g/mol. The van der Waals surface area contributed by atoms with Crippen molar-refractivity contribution >= 4 is 11.9 Å². The van der Waals surface area contributed by atoms with Gasteiger partial charge >= 0.3 is 0 Å². The van der Waals surface area contributed by atoms with Crippen LogP contribution in [-0.2, 0) is 0 Å². The third-order valence-electron chi connectivity index (χ3n) is 1.42. The highest BCUT2D eigenvalue weighted by molar-refractivity contribution is 6.10. The minimum atomic E-state index is 0.749. The lowest BCUT2D eigenvalue weighted by molar-refractivity contribution is 1.29. The second-order valence-electron chi connectivity index (χ2n) is 2.00. The van der Waals surface area contributed by atoms with E-state index in [0.717, 1.165) is 12.3 Å². The van der Waals surface area contributed by atoms with Crippen LogP contribution in [0, 0.1) is 0 Å². The summed E-state index contributed by atoms with van der Waals surface area (Å²) in [5.74, 6) is 0. The maximum absolute atomic E-state index is 4.11. The number of fused-ring (bicyclic) bond motifs is 1.